The van der Waals surface area contributed by atoms with Crippen LogP contribution < -0.4 is 20.9 Å². The Balaban J connectivity index is 1.68. The SMILES string of the molecule is Cc1ccc(OCCCNC(=O)NNc2nc(Cl)nc(Cl)c2Cl)c(C)c1. The van der Waals surface area contributed by atoms with Crippen molar-refractivity contribution >= 4 is 46.7 Å². The lowest BCUT2D eigenvalue weighted by molar-refractivity contribution is 0.241. The van der Waals surface area contributed by atoms with E-state index >= 15 is 0 Å². The number of aryl methyl sites for hydroxylation is 2. The third-order valence-corrected chi connectivity index (χ3v) is 4.17. The normalized spacial score (nSPS) is 10.3. The van der Waals surface area contributed by atoms with Crippen molar-refractivity contribution in [3.63, 3.8) is 0 Å². The molecular weight excluding hydrogens is 401 g/mol. The van der Waals surface area contributed by atoms with Crippen LogP contribution in [-0.2, 0) is 0 Å². The highest BCUT2D eigenvalue weighted by Crippen LogP contribution is 2.27. The molecule has 2 amide bonds. The average molecular weight is 419 g/mol. The molecule has 0 aliphatic carbocycles. The number of halogens is 3. The number of ether oxygens (including phenoxy) is 1. The molecule has 0 unspecified atom stereocenters. The smallest absolute Gasteiger partial charge is 0.333 e. The van der Waals surface area contributed by atoms with E-state index in [1.165, 1.54) is 5.56 Å². The van der Waals surface area contributed by atoms with Crippen LogP contribution in [0.25, 0.3) is 0 Å². The topological polar surface area (TPSA) is 88.2 Å². The van der Waals surface area contributed by atoms with E-state index in [0.29, 0.717) is 19.6 Å². The molecule has 3 N–H and O–H groups in total. The molecule has 0 saturated heterocycles. The van der Waals surface area contributed by atoms with E-state index in [9.17, 15) is 4.79 Å². The molecule has 0 aliphatic rings. The maximum absolute atomic E-state index is 11.7. The molecule has 0 fully saturated rings. The van der Waals surface area contributed by atoms with Crippen LogP contribution >= 0.6 is 34.8 Å². The van der Waals surface area contributed by atoms with Crippen LogP contribution in [0.15, 0.2) is 18.2 Å². The van der Waals surface area contributed by atoms with Crippen LogP contribution in [0.4, 0.5) is 10.6 Å². The summed E-state index contributed by atoms with van der Waals surface area (Å²) >= 11 is 17.4. The van der Waals surface area contributed by atoms with Crippen LogP contribution in [0.1, 0.15) is 17.5 Å². The molecular formula is C16H18Cl3N5O2. The van der Waals surface area contributed by atoms with E-state index in [0.717, 1.165) is 11.3 Å². The van der Waals surface area contributed by atoms with Crippen molar-refractivity contribution in [2.75, 3.05) is 18.6 Å². The van der Waals surface area contributed by atoms with Gasteiger partial charge in [0.25, 0.3) is 0 Å². The van der Waals surface area contributed by atoms with Gasteiger partial charge in [-0.05, 0) is 43.5 Å². The van der Waals surface area contributed by atoms with Crippen LogP contribution in [0.5, 0.6) is 5.75 Å². The molecule has 1 aromatic carbocycles. The van der Waals surface area contributed by atoms with Crippen LogP contribution in [-0.4, -0.2) is 29.2 Å². The Morgan fingerprint density at radius 3 is 2.69 bits per heavy atom. The first-order valence-electron chi connectivity index (χ1n) is 7.75. The van der Waals surface area contributed by atoms with Gasteiger partial charge in [0.15, 0.2) is 11.0 Å². The molecule has 0 radical (unpaired) electrons. The number of hydrogen-bond donors (Lipinski definition) is 3. The Labute approximate surface area is 166 Å². The second kappa shape index (κ2) is 9.66. The molecule has 1 heterocycles. The van der Waals surface area contributed by atoms with E-state index in [2.05, 4.69) is 32.2 Å². The molecule has 0 saturated carbocycles. The molecule has 26 heavy (non-hydrogen) atoms. The zero-order valence-corrected chi connectivity index (χ0v) is 16.5. The summed E-state index contributed by atoms with van der Waals surface area (Å²) in [7, 11) is 0. The predicted octanol–water partition coefficient (Wildman–Crippen LogP) is 4.15. The maximum atomic E-state index is 11.7. The van der Waals surface area contributed by atoms with Gasteiger partial charge >= 0.3 is 6.03 Å². The summed E-state index contributed by atoms with van der Waals surface area (Å²) in [6.07, 6.45) is 0.645. The van der Waals surface area contributed by atoms with Gasteiger partial charge in [-0.15, -0.1) is 0 Å². The lowest BCUT2D eigenvalue weighted by Crippen LogP contribution is -2.40. The first-order valence-corrected chi connectivity index (χ1v) is 8.88. The highest BCUT2D eigenvalue weighted by molar-refractivity contribution is 6.43. The van der Waals surface area contributed by atoms with Gasteiger partial charge in [-0.25, -0.2) is 9.78 Å². The highest BCUT2D eigenvalue weighted by Gasteiger charge is 2.11. The van der Waals surface area contributed by atoms with Crippen molar-refractivity contribution in [1.82, 2.24) is 20.7 Å². The Morgan fingerprint density at radius 1 is 1.19 bits per heavy atom. The minimum absolute atomic E-state index is 0.0140. The molecule has 0 aliphatic heterocycles. The van der Waals surface area contributed by atoms with Gasteiger partial charge < -0.3 is 10.1 Å². The molecule has 2 rings (SSSR count). The number of carbonyl (C=O) groups excluding carboxylic acids is 1. The van der Waals surface area contributed by atoms with E-state index in [-0.39, 0.29) is 21.3 Å². The van der Waals surface area contributed by atoms with Crippen LogP contribution in [0.2, 0.25) is 15.5 Å². The number of nitrogens with zero attached hydrogens (tertiary/aromatic N) is 2. The number of hydrazine groups is 1. The lowest BCUT2D eigenvalue weighted by Gasteiger charge is -2.12. The number of urea groups is 1. The number of rotatable bonds is 7. The average Bonchev–Trinajstić information content (AvgIpc) is 2.58. The van der Waals surface area contributed by atoms with Gasteiger partial charge in [0.05, 0.1) is 6.61 Å². The molecule has 10 heteroatoms. The van der Waals surface area contributed by atoms with Gasteiger partial charge in [0.2, 0.25) is 5.28 Å². The maximum Gasteiger partial charge on any atom is 0.333 e. The van der Waals surface area contributed by atoms with Crippen LogP contribution in [0.3, 0.4) is 0 Å². The van der Waals surface area contributed by atoms with E-state index in [1.807, 2.05) is 26.0 Å². The van der Waals surface area contributed by atoms with Gasteiger partial charge in [-0.1, -0.05) is 40.9 Å². The monoisotopic (exact) mass is 417 g/mol. The van der Waals surface area contributed by atoms with Crippen molar-refractivity contribution in [1.29, 1.82) is 0 Å². The van der Waals surface area contributed by atoms with Crippen molar-refractivity contribution in [3.8, 4) is 5.75 Å². The van der Waals surface area contributed by atoms with Crippen molar-refractivity contribution in [3.05, 3.63) is 44.8 Å². The fourth-order valence-corrected chi connectivity index (χ4v) is 2.57. The van der Waals surface area contributed by atoms with Gasteiger partial charge in [-0.2, -0.15) is 4.98 Å². The summed E-state index contributed by atoms with van der Waals surface area (Å²) < 4.78 is 5.69. The fourth-order valence-electron chi connectivity index (χ4n) is 2.05. The highest BCUT2D eigenvalue weighted by atomic mass is 35.5. The quantitative estimate of drug-likeness (QED) is 0.272. The molecule has 140 valence electrons. The minimum atomic E-state index is -0.460. The molecule has 0 spiro atoms. The van der Waals surface area contributed by atoms with E-state index < -0.39 is 6.03 Å². The zero-order chi connectivity index (χ0) is 19.1. The summed E-state index contributed by atoms with van der Waals surface area (Å²) in [5.41, 5.74) is 7.18. The lowest BCUT2D eigenvalue weighted by atomic mass is 10.1. The molecule has 1 aromatic heterocycles. The first-order chi connectivity index (χ1) is 12.4. The molecule has 0 atom stereocenters. The van der Waals surface area contributed by atoms with Gasteiger partial charge in [0.1, 0.15) is 10.8 Å². The van der Waals surface area contributed by atoms with Crippen molar-refractivity contribution < 1.29 is 9.53 Å². The Hall–Kier alpha value is -1.96. The predicted molar refractivity (Wildman–Crippen MR) is 103 cm³/mol. The summed E-state index contributed by atoms with van der Waals surface area (Å²) in [5, 5.41) is 2.62. The molecule has 0 bridgehead atoms. The largest absolute Gasteiger partial charge is 0.493 e. The number of hydrogen-bond acceptors (Lipinski definition) is 5. The molecule has 2 aromatic rings. The Morgan fingerprint density at radius 2 is 1.96 bits per heavy atom. The number of nitrogens with one attached hydrogen (secondary N) is 3. The summed E-state index contributed by atoms with van der Waals surface area (Å²) in [4.78, 5) is 19.2. The standard InChI is InChI=1S/C16H18Cl3N5O2/c1-9-4-5-11(10(2)8-9)26-7-3-6-20-16(25)24-23-14-12(17)13(18)21-15(19)22-14/h4-5,8H,3,6-7H2,1-2H3,(H2,20,24,25)(H,21,22,23). The van der Waals surface area contributed by atoms with Crippen LogP contribution in [0, 0.1) is 13.8 Å². The number of benzene rings is 1. The Kier molecular flexibility index (Phi) is 7.56. The minimum Gasteiger partial charge on any atom is -0.493 e. The number of amides is 2. The fraction of sp³-hybridized carbons (Fsp3) is 0.312. The summed E-state index contributed by atoms with van der Waals surface area (Å²) in [6, 6.07) is 5.54. The van der Waals surface area contributed by atoms with Gasteiger partial charge in [-0.3, -0.25) is 10.9 Å². The van der Waals surface area contributed by atoms with Crippen molar-refractivity contribution in [2.24, 2.45) is 0 Å². The molecule has 7 nitrogen and oxygen atoms in total. The van der Waals surface area contributed by atoms with E-state index in [1.54, 1.807) is 0 Å². The van der Waals surface area contributed by atoms with Crippen molar-refractivity contribution in [2.45, 2.75) is 20.3 Å². The third-order valence-electron chi connectivity index (χ3n) is 3.27. The zero-order valence-electron chi connectivity index (χ0n) is 14.2. The second-order valence-electron chi connectivity index (χ2n) is 5.42. The third kappa shape index (κ3) is 6.09. The van der Waals surface area contributed by atoms with E-state index in [4.69, 9.17) is 39.5 Å². The second-order valence-corrected chi connectivity index (χ2v) is 6.50. The number of carbonyl (C=O) groups is 1. The number of aromatic nitrogens is 2. The summed E-state index contributed by atoms with van der Waals surface area (Å²) in [5.74, 6) is 0.943. The number of anilines is 1. The summed E-state index contributed by atoms with van der Waals surface area (Å²) in [6.45, 7) is 4.94. The van der Waals surface area contributed by atoms with Gasteiger partial charge in [0, 0.05) is 6.54 Å². The first kappa shape index (κ1) is 20.4. The Bertz CT molecular complexity index is 789.